The van der Waals surface area contributed by atoms with E-state index in [1.807, 2.05) is 0 Å². The number of rotatable bonds is 3. The summed E-state index contributed by atoms with van der Waals surface area (Å²) in [6.07, 6.45) is 1.56. The molecule has 1 heterocycles. The number of amides is 1. The minimum Gasteiger partial charge on any atom is -0.348 e. The second-order valence-electron chi connectivity index (χ2n) is 6.06. The van der Waals surface area contributed by atoms with E-state index in [4.69, 9.17) is 0 Å². The van der Waals surface area contributed by atoms with Gasteiger partial charge in [0.15, 0.2) is 0 Å². The Morgan fingerprint density at radius 3 is 2.24 bits per heavy atom. The zero-order valence-electron chi connectivity index (χ0n) is 10.9. The smallest absolute Gasteiger partial charge is 0.291 e. The molecule has 0 unspecified atom stereocenters. The molecule has 0 saturated carbocycles. The van der Waals surface area contributed by atoms with Crippen LogP contribution in [0.15, 0.2) is 0 Å². The summed E-state index contributed by atoms with van der Waals surface area (Å²) >= 11 is 0. The fourth-order valence-electron chi connectivity index (χ4n) is 2.81. The van der Waals surface area contributed by atoms with Crippen LogP contribution in [0.25, 0.3) is 0 Å². The third-order valence-electron chi connectivity index (χ3n) is 2.83. The third kappa shape index (κ3) is 4.68. The van der Waals surface area contributed by atoms with E-state index in [2.05, 4.69) is 38.3 Å². The molecule has 1 aliphatic rings. The molecule has 6 heteroatoms. The van der Waals surface area contributed by atoms with Gasteiger partial charge >= 0.3 is 0 Å². The van der Waals surface area contributed by atoms with Crippen LogP contribution in [-0.2, 0) is 4.79 Å². The molecule has 1 fully saturated rings. The van der Waals surface area contributed by atoms with E-state index >= 15 is 0 Å². The topological polar surface area (TPSA) is 84.3 Å². The molecule has 0 aliphatic carbocycles. The molecule has 6 nitrogen and oxygen atoms in total. The maximum Gasteiger partial charge on any atom is 0.291 e. The standard InChI is InChI=1S/C11H21N3O3/c1-10(2)5-8(6-11(3,4)13-10)12-9(15)7-14(16)17/h8,13H,5-7H2,1-4H3,(H,12,15). The van der Waals surface area contributed by atoms with Crippen LogP contribution in [0, 0.1) is 10.1 Å². The molecule has 98 valence electrons. The van der Waals surface area contributed by atoms with Gasteiger partial charge in [-0.1, -0.05) is 0 Å². The van der Waals surface area contributed by atoms with Crippen molar-refractivity contribution in [3.05, 3.63) is 10.1 Å². The lowest BCUT2D eigenvalue weighted by molar-refractivity contribution is -0.467. The summed E-state index contributed by atoms with van der Waals surface area (Å²) in [5.41, 5.74) is -0.150. The van der Waals surface area contributed by atoms with Crippen molar-refractivity contribution in [2.75, 3.05) is 6.54 Å². The van der Waals surface area contributed by atoms with Crippen LogP contribution in [0.3, 0.4) is 0 Å². The summed E-state index contributed by atoms with van der Waals surface area (Å²) in [6.45, 7) is 7.63. The van der Waals surface area contributed by atoms with Crippen LogP contribution in [-0.4, -0.2) is 34.5 Å². The highest BCUT2D eigenvalue weighted by molar-refractivity contribution is 5.77. The Balaban J connectivity index is 2.59. The van der Waals surface area contributed by atoms with Gasteiger partial charge in [-0.25, -0.2) is 0 Å². The summed E-state index contributed by atoms with van der Waals surface area (Å²) in [4.78, 5) is 21.0. The molecular weight excluding hydrogens is 222 g/mol. The first-order chi connectivity index (χ1) is 7.60. The van der Waals surface area contributed by atoms with E-state index in [1.54, 1.807) is 0 Å². The van der Waals surface area contributed by atoms with Crippen LogP contribution in [0.1, 0.15) is 40.5 Å². The average molecular weight is 243 g/mol. The average Bonchev–Trinajstić information content (AvgIpc) is 1.93. The molecule has 0 bridgehead atoms. The van der Waals surface area contributed by atoms with E-state index in [0.717, 1.165) is 12.8 Å². The molecule has 0 spiro atoms. The fraction of sp³-hybridized carbons (Fsp3) is 0.909. The Kier molecular flexibility index (Phi) is 3.76. The van der Waals surface area contributed by atoms with E-state index in [9.17, 15) is 14.9 Å². The lowest BCUT2D eigenvalue weighted by atomic mass is 9.79. The Hall–Kier alpha value is -1.17. The fourth-order valence-corrected chi connectivity index (χ4v) is 2.81. The Morgan fingerprint density at radius 2 is 1.82 bits per heavy atom. The lowest BCUT2D eigenvalue weighted by Gasteiger charge is -2.46. The van der Waals surface area contributed by atoms with Gasteiger partial charge in [0.05, 0.1) is 0 Å². The highest BCUT2D eigenvalue weighted by Crippen LogP contribution is 2.28. The van der Waals surface area contributed by atoms with Crippen LogP contribution in [0.4, 0.5) is 0 Å². The van der Waals surface area contributed by atoms with Crippen LogP contribution < -0.4 is 10.6 Å². The van der Waals surface area contributed by atoms with Gasteiger partial charge in [-0.15, -0.1) is 0 Å². The molecule has 1 rings (SSSR count). The van der Waals surface area contributed by atoms with Gasteiger partial charge in [-0.2, -0.15) is 0 Å². The predicted molar refractivity (Wildman–Crippen MR) is 64.3 cm³/mol. The zero-order chi connectivity index (χ0) is 13.3. The largest absolute Gasteiger partial charge is 0.348 e. The van der Waals surface area contributed by atoms with E-state index < -0.39 is 17.4 Å². The SMILES string of the molecule is CC1(C)CC(NC(=O)C[N+](=O)[O-])CC(C)(C)N1. The van der Waals surface area contributed by atoms with Crippen molar-refractivity contribution >= 4 is 5.91 Å². The van der Waals surface area contributed by atoms with Crippen molar-refractivity contribution in [3.8, 4) is 0 Å². The summed E-state index contributed by atoms with van der Waals surface area (Å²) in [5.74, 6) is -0.506. The predicted octanol–water partition coefficient (Wildman–Crippen LogP) is 0.688. The number of hydrogen-bond donors (Lipinski definition) is 2. The Bertz CT molecular complexity index is 310. The van der Waals surface area contributed by atoms with Crippen LogP contribution in [0.5, 0.6) is 0 Å². The quantitative estimate of drug-likeness (QED) is 0.564. The normalized spacial score (nSPS) is 23.1. The van der Waals surface area contributed by atoms with Gasteiger partial charge in [-0.3, -0.25) is 14.9 Å². The highest BCUT2D eigenvalue weighted by Gasteiger charge is 2.38. The number of nitrogens with zero attached hydrogens (tertiary/aromatic N) is 1. The monoisotopic (exact) mass is 243 g/mol. The molecule has 1 amide bonds. The molecule has 0 atom stereocenters. The number of carbonyl (C=O) groups is 1. The van der Waals surface area contributed by atoms with E-state index in [-0.39, 0.29) is 17.1 Å². The van der Waals surface area contributed by atoms with Crippen molar-refractivity contribution in [1.82, 2.24) is 10.6 Å². The maximum absolute atomic E-state index is 11.4. The summed E-state index contributed by atoms with van der Waals surface area (Å²) in [6, 6.07) is -0.00583. The number of piperidine rings is 1. The molecule has 0 aromatic rings. The second-order valence-corrected chi connectivity index (χ2v) is 6.06. The molecule has 1 saturated heterocycles. The van der Waals surface area contributed by atoms with E-state index in [0.29, 0.717) is 0 Å². The number of hydrogen-bond acceptors (Lipinski definition) is 4. The molecule has 0 aromatic heterocycles. The van der Waals surface area contributed by atoms with Gasteiger partial charge < -0.3 is 10.6 Å². The lowest BCUT2D eigenvalue weighted by Crippen LogP contribution is -2.62. The van der Waals surface area contributed by atoms with Crippen molar-refractivity contribution < 1.29 is 9.72 Å². The molecule has 0 radical (unpaired) electrons. The molecule has 2 N–H and O–H groups in total. The number of nitrogens with one attached hydrogen (secondary N) is 2. The van der Waals surface area contributed by atoms with Crippen molar-refractivity contribution in [2.45, 2.75) is 57.7 Å². The number of nitro groups is 1. The Morgan fingerprint density at radius 1 is 1.35 bits per heavy atom. The first kappa shape index (κ1) is 13.9. The molecule has 0 aromatic carbocycles. The van der Waals surface area contributed by atoms with Crippen molar-refractivity contribution in [3.63, 3.8) is 0 Å². The first-order valence-electron chi connectivity index (χ1n) is 5.80. The minimum atomic E-state index is -0.648. The van der Waals surface area contributed by atoms with E-state index in [1.165, 1.54) is 0 Å². The Labute approximate surface area is 101 Å². The number of carbonyl (C=O) groups excluding carboxylic acids is 1. The minimum absolute atomic E-state index is 0.00583. The molecule has 17 heavy (non-hydrogen) atoms. The van der Waals surface area contributed by atoms with Crippen LogP contribution >= 0.6 is 0 Å². The maximum atomic E-state index is 11.4. The van der Waals surface area contributed by atoms with Gasteiger partial charge in [-0.05, 0) is 40.5 Å². The summed E-state index contributed by atoms with van der Waals surface area (Å²) < 4.78 is 0. The molecular formula is C11H21N3O3. The summed E-state index contributed by atoms with van der Waals surface area (Å²) in [7, 11) is 0. The first-order valence-corrected chi connectivity index (χ1v) is 5.80. The van der Waals surface area contributed by atoms with Crippen molar-refractivity contribution in [1.29, 1.82) is 0 Å². The van der Waals surface area contributed by atoms with Gasteiger partial charge in [0.25, 0.3) is 12.5 Å². The van der Waals surface area contributed by atoms with Crippen molar-refractivity contribution in [2.24, 2.45) is 0 Å². The molecule has 1 aliphatic heterocycles. The van der Waals surface area contributed by atoms with Gasteiger partial charge in [0.2, 0.25) is 0 Å². The zero-order valence-corrected chi connectivity index (χ0v) is 10.9. The summed E-state index contributed by atoms with van der Waals surface area (Å²) in [5, 5.41) is 16.5. The van der Waals surface area contributed by atoms with Gasteiger partial charge in [0, 0.05) is 22.0 Å². The third-order valence-corrected chi connectivity index (χ3v) is 2.83. The highest BCUT2D eigenvalue weighted by atomic mass is 16.6. The van der Waals surface area contributed by atoms with Crippen LogP contribution in [0.2, 0.25) is 0 Å². The van der Waals surface area contributed by atoms with Gasteiger partial charge in [0.1, 0.15) is 0 Å². The second kappa shape index (κ2) is 4.60.